The van der Waals surface area contributed by atoms with Crippen molar-refractivity contribution in [2.24, 2.45) is 0 Å². The van der Waals surface area contributed by atoms with Gasteiger partial charge in [-0.3, -0.25) is 9.36 Å². The highest BCUT2D eigenvalue weighted by molar-refractivity contribution is 5.68. The van der Waals surface area contributed by atoms with Crippen molar-refractivity contribution in [2.75, 3.05) is 13.7 Å². The van der Waals surface area contributed by atoms with E-state index in [1.807, 2.05) is 30.3 Å². The van der Waals surface area contributed by atoms with Gasteiger partial charge in [0.25, 0.3) is 5.56 Å². The average molecular weight is 421 g/mol. The van der Waals surface area contributed by atoms with Gasteiger partial charge in [0.15, 0.2) is 0 Å². The number of benzene rings is 2. The first-order valence-corrected chi connectivity index (χ1v) is 9.98. The van der Waals surface area contributed by atoms with Crippen LogP contribution in [-0.4, -0.2) is 34.2 Å². The molecule has 0 spiro atoms. The normalized spacial score (nSPS) is 12.9. The maximum absolute atomic E-state index is 13.0. The van der Waals surface area contributed by atoms with E-state index in [-0.39, 0.29) is 19.7 Å². The van der Waals surface area contributed by atoms with Crippen LogP contribution in [0.3, 0.4) is 0 Å². The molecule has 0 saturated carbocycles. The van der Waals surface area contributed by atoms with E-state index in [1.165, 1.54) is 4.90 Å². The lowest BCUT2D eigenvalue weighted by Gasteiger charge is -2.27. The molecule has 1 aliphatic rings. The van der Waals surface area contributed by atoms with Gasteiger partial charge < -0.3 is 19.4 Å². The molecule has 0 unspecified atom stereocenters. The van der Waals surface area contributed by atoms with E-state index >= 15 is 0 Å². The number of carbonyl (C=O) groups is 1. The van der Waals surface area contributed by atoms with Crippen molar-refractivity contribution in [3.05, 3.63) is 97.8 Å². The Labute approximate surface area is 178 Å². The number of nitrogens with zero attached hydrogens (tertiary/aromatic N) is 2. The van der Waals surface area contributed by atoms with Crippen LogP contribution in [0.5, 0.6) is 5.75 Å². The zero-order valence-electron chi connectivity index (χ0n) is 17.2. The standard InChI is InChI=1S/C23H23N3O5/c1-30-18-9-7-16(8-10-18)13-26-21(27)19-14-25(12-11-20(19)24-22(26)28)23(29)31-15-17-5-3-2-4-6-17/h2-10H,11-15H2,1H3,(H,24,28). The number of amides is 1. The summed E-state index contributed by atoms with van der Waals surface area (Å²) in [5, 5.41) is 0. The monoisotopic (exact) mass is 421 g/mol. The molecule has 160 valence electrons. The van der Waals surface area contributed by atoms with E-state index in [0.717, 1.165) is 15.7 Å². The van der Waals surface area contributed by atoms with Gasteiger partial charge in [0.2, 0.25) is 0 Å². The molecule has 0 saturated heterocycles. The molecular weight excluding hydrogens is 398 g/mol. The van der Waals surface area contributed by atoms with Crippen molar-refractivity contribution in [3.63, 3.8) is 0 Å². The summed E-state index contributed by atoms with van der Waals surface area (Å²) < 4.78 is 11.7. The maximum Gasteiger partial charge on any atom is 0.410 e. The van der Waals surface area contributed by atoms with Crippen LogP contribution < -0.4 is 16.0 Å². The summed E-state index contributed by atoms with van der Waals surface area (Å²) in [6.45, 7) is 0.764. The lowest BCUT2D eigenvalue weighted by atomic mass is 10.1. The summed E-state index contributed by atoms with van der Waals surface area (Å²) >= 11 is 0. The summed E-state index contributed by atoms with van der Waals surface area (Å²) in [7, 11) is 1.57. The summed E-state index contributed by atoms with van der Waals surface area (Å²) in [4.78, 5) is 42.3. The Kier molecular flexibility index (Phi) is 5.88. The minimum Gasteiger partial charge on any atom is -0.497 e. The van der Waals surface area contributed by atoms with E-state index in [4.69, 9.17) is 9.47 Å². The zero-order chi connectivity index (χ0) is 21.8. The fourth-order valence-electron chi connectivity index (χ4n) is 3.57. The smallest absolute Gasteiger partial charge is 0.410 e. The number of hydrogen-bond donors (Lipinski definition) is 1. The second-order valence-electron chi connectivity index (χ2n) is 7.34. The summed E-state index contributed by atoms with van der Waals surface area (Å²) in [6.07, 6.45) is -0.0920. The Morgan fingerprint density at radius 3 is 2.48 bits per heavy atom. The Bertz CT molecular complexity index is 1180. The lowest BCUT2D eigenvalue weighted by molar-refractivity contribution is 0.0912. The number of methoxy groups -OCH3 is 1. The number of H-pyrrole nitrogens is 1. The minimum atomic E-state index is -0.484. The van der Waals surface area contributed by atoms with Gasteiger partial charge in [-0.05, 0) is 23.3 Å². The van der Waals surface area contributed by atoms with Gasteiger partial charge in [0.05, 0.1) is 25.8 Å². The molecule has 0 aliphatic carbocycles. The molecule has 1 N–H and O–H groups in total. The number of carbonyl (C=O) groups excluding carboxylic acids is 1. The minimum absolute atomic E-state index is 0.0984. The van der Waals surface area contributed by atoms with Crippen molar-refractivity contribution >= 4 is 6.09 Å². The predicted molar refractivity (Wildman–Crippen MR) is 114 cm³/mol. The quantitative estimate of drug-likeness (QED) is 0.682. The van der Waals surface area contributed by atoms with Gasteiger partial charge in [0.1, 0.15) is 12.4 Å². The zero-order valence-corrected chi connectivity index (χ0v) is 17.2. The molecule has 3 aromatic rings. The average Bonchev–Trinajstić information content (AvgIpc) is 2.81. The van der Waals surface area contributed by atoms with Crippen molar-refractivity contribution in [3.8, 4) is 5.75 Å². The molecular formula is C23H23N3O5. The molecule has 0 atom stereocenters. The Hall–Kier alpha value is -3.81. The van der Waals surface area contributed by atoms with Crippen molar-refractivity contribution in [2.45, 2.75) is 26.1 Å². The number of nitrogens with one attached hydrogen (secondary N) is 1. The van der Waals surface area contributed by atoms with Gasteiger partial charge in [0, 0.05) is 18.7 Å². The van der Waals surface area contributed by atoms with Crippen molar-refractivity contribution in [1.82, 2.24) is 14.5 Å². The molecule has 0 radical (unpaired) electrons. The van der Waals surface area contributed by atoms with Crippen LogP contribution in [0, 0.1) is 0 Å². The molecule has 2 aromatic carbocycles. The molecule has 8 heteroatoms. The molecule has 1 aromatic heterocycles. The third kappa shape index (κ3) is 4.53. The second kappa shape index (κ2) is 8.91. The van der Waals surface area contributed by atoms with E-state index in [2.05, 4.69) is 4.98 Å². The second-order valence-corrected chi connectivity index (χ2v) is 7.34. The summed E-state index contributed by atoms with van der Waals surface area (Å²) in [6, 6.07) is 16.6. The molecule has 2 heterocycles. The first-order chi connectivity index (χ1) is 15.0. The number of hydrogen-bond acceptors (Lipinski definition) is 5. The highest BCUT2D eigenvalue weighted by atomic mass is 16.6. The van der Waals surface area contributed by atoms with Crippen LogP contribution in [0.25, 0.3) is 0 Å². The first kappa shape index (κ1) is 20.5. The van der Waals surface area contributed by atoms with Crippen LogP contribution in [-0.2, 0) is 30.9 Å². The van der Waals surface area contributed by atoms with Gasteiger partial charge in [-0.2, -0.15) is 0 Å². The first-order valence-electron chi connectivity index (χ1n) is 9.98. The van der Waals surface area contributed by atoms with Crippen LogP contribution in [0.4, 0.5) is 4.79 Å². The number of fused-ring (bicyclic) bond motifs is 1. The van der Waals surface area contributed by atoms with Gasteiger partial charge in [-0.15, -0.1) is 0 Å². The lowest BCUT2D eigenvalue weighted by Crippen LogP contribution is -2.45. The molecule has 0 bridgehead atoms. The molecule has 4 rings (SSSR count). The highest BCUT2D eigenvalue weighted by Gasteiger charge is 2.26. The van der Waals surface area contributed by atoms with Gasteiger partial charge in [-0.25, -0.2) is 9.59 Å². The highest BCUT2D eigenvalue weighted by Crippen LogP contribution is 2.15. The van der Waals surface area contributed by atoms with Crippen LogP contribution in [0.1, 0.15) is 22.4 Å². The van der Waals surface area contributed by atoms with Gasteiger partial charge in [-0.1, -0.05) is 42.5 Å². The fraction of sp³-hybridized carbons (Fsp3) is 0.261. The third-order valence-corrected chi connectivity index (χ3v) is 5.31. The largest absolute Gasteiger partial charge is 0.497 e. The van der Waals surface area contributed by atoms with Crippen LogP contribution >= 0.6 is 0 Å². The van der Waals surface area contributed by atoms with Crippen molar-refractivity contribution < 1.29 is 14.3 Å². The van der Waals surface area contributed by atoms with Gasteiger partial charge >= 0.3 is 11.8 Å². The molecule has 31 heavy (non-hydrogen) atoms. The number of aromatic nitrogens is 2. The number of ether oxygens (including phenoxy) is 2. The van der Waals surface area contributed by atoms with Crippen LogP contribution in [0.2, 0.25) is 0 Å². The third-order valence-electron chi connectivity index (χ3n) is 5.31. The number of rotatable bonds is 5. The number of aromatic amines is 1. The van der Waals surface area contributed by atoms with Crippen LogP contribution in [0.15, 0.2) is 64.2 Å². The fourth-order valence-corrected chi connectivity index (χ4v) is 3.57. The molecule has 0 fully saturated rings. The summed E-state index contributed by atoms with van der Waals surface area (Å²) in [5.74, 6) is 0.695. The Morgan fingerprint density at radius 2 is 1.77 bits per heavy atom. The van der Waals surface area contributed by atoms with E-state index in [0.29, 0.717) is 30.0 Å². The SMILES string of the molecule is COc1ccc(Cn2c(=O)[nH]c3c(c2=O)CN(C(=O)OCc2ccccc2)CC3)cc1. The predicted octanol–water partition coefficient (Wildman–Crippen LogP) is 2.29. The maximum atomic E-state index is 13.0. The van der Waals surface area contributed by atoms with E-state index in [1.54, 1.807) is 31.4 Å². The Balaban J connectivity index is 1.51. The van der Waals surface area contributed by atoms with E-state index < -0.39 is 17.3 Å². The molecule has 1 amide bonds. The Morgan fingerprint density at radius 1 is 1.03 bits per heavy atom. The molecule has 1 aliphatic heterocycles. The topological polar surface area (TPSA) is 93.6 Å². The van der Waals surface area contributed by atoms with E-state index in [9.17, 15) is 14.4 Å². The summed E-state index contributed by atoms with van der Waals surface area (Å²) in [5.41, 5.74) is 1.82. The van der Waals surface area contributed by atoms with Crippen molar-refractivity contribution in [1.29, 1.82) is 0 Å². The molecule has 8 nitrogen and oxygen atoms in total.